The van der Waals surface area contributed by atoms with Crippen LogP contribution in [0.4, 0.5) is 27.5 Å². The summed E-state index contributed by atoms with van der Waals surface area (Å²) in [5.74, 6) is 0.320. The molecule has 3 N–H and O–H groups in total. The number of hydrogen-bond acceptors (Lipinski definition) is 13. The highest BCUT2D eigenvalue weighted by Crippen LogP contribution is 2.42. The van der Waals surface area contributed by atoms with Gasteiger partial charge in [-0.05, 0) is 80.8 Å². The summed E-state index contributed by atoms with van der Waals surface area (Å²) in [4.78, 5) is 48.3. The zero-order chi connectivity index (χ0) is 43.6. The van der Waals surface area contributed by atoms with Gasteiger partial charge in [0, 0.05) is 62.2 Å². The molecule has 3 fully saturated rings. The number of nitrogens with zero attached hydrogens (tertiary/aromatic N) is 8. The monoisotopic (exact) mass is 883 g/mol. The van der Waals surface area contributed by atoms with Crippen molar-refractivity contribution in [2.24, 2.45) is 5.92 Å². The van der Waals surface area contributed by atoms with E-state index in [4.69, 9.17) is 20.1 Å². The smallest absolute Gasteiger partial charge is 0.234 e. The fraction of sp³-hybridized carbons (Fsp3) is 0.477. The molecule has 0 aliphatic carbocycles. The van der Waals surface area contributed by atoms with Gasteiger partial charge in [0.2, 0.25) is 27.8 Å². The molecule has 18 heteroatoms. The Bertz CT molecular complexity index is 2510. The van der Waals surface area contributed by atoms with Crippen LogP contribution in [0.3, 0.4) is 0 Å². The maximum Gasteiger partial charge on any atom is 0.234 e. The molecule has 328 valence electrons. The third-order valence-electron chi connectivity index (χ3n) is 11.8. The predicted octanol–water partition coefficient (Wildman–Crippen LogP) is 7.26. The van der Waals surface area contributed by atoms with E-state index in [1.54, 1.807) is 43.7 Å². The summed E-state index contributed by atoms with van der Waals surface area (Å²) >= 11 is 1.43. The quantitative estimate of drug-likeness (QED) is 0.0952. The van der Waals surface area contributed by atoms with Gasteiger partial charge in [-0.25, -0.2) is 32.7 Å². The molecule has 0 saturated carbocycles. The zero-order valence-corrected chi connectivity index (χ0v) is 37.2. The van der Waals surface area contributed by atoms with Gasteiger partial charge in [0.25, 0.3) is 0 Å². The number of anilines is 4. The number of amides is 2. The molecule has 3 aliphatic heterocycles. The van der Waals surface area contributed by atoms with Crippen LogP contribution in [0.1, 0.15) is 95.2 Å². The normalized spacial score (nSPS) is 19.2. The number of piperidine rings is 2. The highest BCUT2D eigenvalue weighted by molar-refractivity contribution is 7.92. The van der Waals surface area contributed by atoms with Crippen molar-refractivity contribution in [3.63, 3.8) is 0 Å². The van der Waals surface area contributed by atoms with E-state index in [1.807, 2.05) is 43.8 Å². The van der Waals surface area contributed by atoms with Crippen LogP contribution in [0.2, 0.25) is 0 Å². The second-order valence-electron chi connectivity index (χ2n) is 17.5. The average Bonchev–Trinajstić information content (AvgIpc) is 4.02. The van der Waals surface area contributed by atoms with Gasteiger partial charge in [-0.3, -0.25) is 24.3 Å². The summed E-state index contributed by atoms with van der Waals surface area (Å²) in [6.07, 6.45) is 12.8. The highest BCUT2D eigenvalue weighted by atomic mass is 32.2. The van der Waals surface area contributed by atoms with Crippen LogP contribution in [0.15, 0.2) is 61.2 Å². The van der Waals surface area contributed by atoms with Gasteiger partial charge in [0.15, 0.2) is 5.82 Å². The van der Waals surface area contributed by atoms with Crippen LogP contribution in [-0.4, -0.2) is 93.3 Å². The minimum Gasteiger partial charge on any atom is -0.356 e. The third-order valence-corrected chi connectivity index (χ3v) is 14.8. The molecule has 0 spiro atoms. The number of aromatic nitrogens is 6. The predicted molar refractivity (Wildman–Crippen MR) is 239 cm³/mol. The van der Waals surface area contributed by atoms with Crippen LogP contribution < -0.4 is 20.3 Å². The van der Waals surface area contributed by atoms with Crippen LogP contribution in [0, 0.1) is 11.7 Å². The fourth-order valence-corrected chi connectivity index (χ4v) is 10.6. The number of halogens is 1. The van der Waals surface area contributed by atoms with Gasteiger partial charge in [-0.15, -0.1) is 11.3 Å². The molecular formula is C44H54FN11O4S2. The lowest BCUT2D eigenvalue weighted by molar-refractivity contribution is -0.134. The van der Waals surface area contributed by atoms with Crippen molar-refractivity contribution >= 4 is 56.3 Å². The minimum atomic E-state index is -3.71. The van der Waals surface area contributed by atoms with E-state index in [0.717, 1.165) is 80.5 Å². The van der Waals surface area contributed by atoms with E-state index in [-0.39, 0.29) is 46.2 Å². The van der Waals surface area contributed by atoms with Gasteiger partial charge in [-0.2, -0.15) is 5.10 Å². The first-order chi connectivity index (χ1) is 29.7. The molecule has 15 nitrogen and oxygen atoms in total. The molecule has 2 atom stereocenters. The molecule has 3 aliphatic rings. The molecular weight excluding hydrogens is 830 g/mol. The number of nitrogens with one attached hydrogen (secondary N) is 3. The number of thiazole rings is 1. The largest absolute Gasteiger partial charge is 0.356 e. The average molecular weight is 884 g/mol. The van der Waals surface area contributed by atoms with Crippen molar-refractivity contribution in [1.29, 1.82) is 0 Å². The van der Waals surface area contributed by atoms with Gasteiger partial charge < -0.3 is 15.1 Å². The van der Waals surface area contributed by atoms with Gasteiger partial charge in [-0.1, -0.05) is 39.8 Å². The molecule has 0 bridgehead atoms. The second kappa shape index (κ2) is 18.2. The third kappa shape index (κ3) is 9.97. The summed E-state index contributed by atoms with van der Waals surface area (Å²) in [5.41, 5.74) is 2.29. The van der Waals surface area contributed by atoms with E-state index in [1.165, 1.54) is 17.4 Å². The first-order valence-electron chi connectivity index (χ1n) is 21.4. The Balaban J connectivity index is 0.856. The molecule has 8 rings (SSSR count). The number of carbonyl (C=O) groups is 2. The van der Waals surface area contributed by atoms with Crippen LogP contribution in [-0.2, 0) is 25.0 Å². The molecule has 0 radical (unpaired) electrons. The maximum absolute atomic E-state index is 16.1. The van der Waals surface area contributed by atoms with Crippen molar-refractivity contribution in [3.05, 3.63) is 77.6 Å². The number of rotatable bonds is 14. The Labute approximate surface area is 366 Å². The number of imide groups is 1. The number of likely N-dealkylation sites (tertiary alicyclic amines) is 1. The summed E-state index contributed by atoms with van der Waals surface area (Å²) in [7, 11) is -3.71. The minimum absolute atomic E-state index is 0.113. The number of hydrogen-bond donors (Lipinski definition) is 3. The molecule has 3 saturated heterocycles. The summed E-state index contributed by atoms with van der Waals surface area (Å²) in [5, 5.41) is 11.2. The molecule has 2 amide bonds. The Morgan fingerprint density at radius 1 is 0.984 bits per heavy atom. The second-order valence-corrected chi connectivity index (χ2v) is 20.4. The topological polar surface area (TPSA) is 180 Å². The SMILES string of the molecule is CCCS(=O)(=O)Nc1cccc(-c2nc(C(C)(C)C)sc2-c2ccnc(Nc3cnn(C4CCN(CC[C@@H]5CCN(c6ccc([C@@H]7CCC(=O)NC7=O)cn6)C5)CC4)c3)n2)c1F. The first kappa shape index (κ1) is 43.3. The van der Waals surface area contributed by atoms with Crippen LogP contribution in [0.5, 0.6) is 0 Å². The van der Waals surface area contributed by atoms with Crippen molar-refractivity contribution < 1.29 is 22.4 Å². The Morgan fingerprint density at radius 3 is 2.55 bits per heavy atom. The lowest BCUT2D eigenvalue weighted by Crippen LogP contribution is -2.39. The molecule has 5 aromatic rings. The van der Waals surface area contributed by atoms with Gasteiger partial charge in [0.1, 0.15) is 5.82 Å². The molecule has 7 heterocycles. The van der Waals surface area contributed by atoms with Crippen molar-refractivity contribution in [1.82, 2.24) is 39.9 Å². The molecule has 1 aromatic carbocycles. The van der Waals surface area contributed by atoms with Gasteiger partial charge >= 0.3 is 0 Å². The van der Waals surface area contributed by atoms with E-state index >= 15 is 4.39 Å². The highest BCUT2D eigenvalue weighted by Gasteiger charge is 2.31. The van der Waals surface area contributed by atoms with Gasteiger partial charge in [0.05, 0.1) is 56.6 Å². The van der Waals surface area contributed by atoms with E-state index in [9.17, 15) is 18.0 Å². The van der Waals surface area contributed by atoms with Crippen LogP contribution in [0.25, 0.3) is 21.8 Å². The van der Waals surface area contributed by atoms with E-state index in [2.05, 4.69) is 30.1 Å². The van der Waals surface area contributed by atoms with Crippen molar-refractivity contribution in [3.8, 4) is 21.8 Å². The number of benzene rings is 1. The molecule has 62 heavy (non-hydrogen) atoms. The lowest BCUT2D eigenvalue weighted by Gasteiger charge is -2.32. The lowest BCUT2D eigenvalue weighted by atomic mass is 9.92. The molecule has 0 unspecified atom stereocenters. The Morgan fingerprint density at radius 2 is 1.81 bits per heavy atom. The Hall–Kier alpha value is -5.33. The van der Waals surface area contributed by atoms with E-state index < -0.39 is 15.8 Å². The summed E-state index contributed by atoms with van der Waals surface area (Å²) in [6.45, 7) is 12.9. The number of carbonyl (C=O) groups excluding carboxylic acids is 2. The fourth-order valence-electron chi connectivity index (χ4n) is 8.41. The number of sulfonamides is 1. The summed E-state index contributed by atoms with van der Waals surface area (Å²) < 4.78 is 45.6. The number of pyridine rings is 1. The summed E-state index contributed by atoms with van der Waals surface area (Å²) in [6, 6.07) is 10.7. The standard InChI is InChI=1S/C44H54FN11O4S2/c1-5-23-62(59,60)53-34-8-6-7-33(38(34)45)39-40(61-42(52-39)44(2,3)4)35-13-18-46-43(50-35)49-30-25-48-56(27-30)31-16-20-54(21-17-31)19-14-28-15-22-55(26-28)36-11-9-29(24-47-36)32-10-12-37(57)51-41(32)58/h6-9,11,13,18,24-25,27-28,31-32,53H,5,10,12,14-17,19-23,26H2,1-4H3,(H,46,49,50)(H,51,57,58)/t28-,32+/m1/s1. The van der Waals surface area contributed by atoms with Crippen molar-refractivity contribution in [2.45, 2.75) is 90.0 Å². The Kier molecular flexibility index (Phi) is 12.7. The first-order valence-corrected chi connectivity index (χ1v) is 23.9. The zero-order valence-electron chi connectivity index (χ0n) is 35.6. The molecule has 4 aromatic heterocycles. The van der Waals surface area contributed by atoms with Crippen molar-refractivity contribution in [2.75, 3.05) is 53.4 Å². The van der Waals surface area contributed by atoms with E-state index in [0.29, 0.717) is 47.4 Å². The maximum atomic E-state index is 16.1. The van der Waals surface area contributed by atoms with Crippen LogP contribution >= 0.6 is 11.3 Å².